The second-order valence-electron chi connectivity index (χ2n) is 7.00. The number of nitrogens with zero attached hydrogens (tertiary/aromatic N) is 3. The van der Waals surface area contributed by atoms with E-state index in [-0.39, 0.29) is 5.91 Å². The van der Waals surface area contributed by atoms with Crippen LogP contribution in [0.3, 0.4) is 0 Å². The highest BCUT2D eigenvalue weighted by molar-refractivity contribution is 5.87. The van der Waals surface area contributed by atoms with Gasteiger partial charge in [0.05, 0.1) is 24.0 Å². The molecule has 0 aliphatic carbocycles. The number of carbonyl (C=O) groups is 1. The number of hydrogen-bond donors (Lipinski definition) is 1. The summed E-state index contributed by atoms with van der Waals surface area (Å²) in [7, 11) is 4.04. The molecule has 5 nitrogen and oxygen atoms in total. The van der Waals surface area contributed by atoms with Crippen LogP contribution in [0, 0.1) is 6.92 Å². The Morgan fingerprint density at radius 1 is 1.17 bits per heavy atom. The van der Waals surface area contributed by atoms with Crippen LogP contribution < -0.4 is 0 Å². The Hall–Kier alpha value is -2.14. The van der Waals surface area contributed by atoms with Crippen LogP contribution >= 0.6 is 0 Å². The fraction of sp³-hybridized carbons (Fsp3) is 0.474. The van der Waals surface area contributed by atoms with Crippen LogP contribution in [0.15, 0.2) is 36.7 Å². The summed E-state index contributed by atoms with van der Waals surface area (Å²) in [5.74, 6) is 0.123. The highest BCUT2D eigenvalue weighted by atomic mass is 16.2. The smallest absolute Gasteiger partial charge is 0.233 e. The predicted octanol–water partition coefficient (Wildman–Crippen LogP) is 2.59. The Morgan fingerprint density at radius 2 is 1.83 bits per heavy atom. The number of hydrogen-bond acceptors (Lipinski definition) is 3. The molecule has 1 aromatic carbocycles. The normalized spacial score (nSPS) is 11.8. The highest BCUT2D eigenvalue weighted by Gasteiger charge is 2.34. The summed E-state index contributed by atoms with van der Waals surface area (Å²) in [5.41, 5.74) is 2.39. The summed E-state index contributed by atoms with van der Waals surface area (Å²) >= 11 is 0. The lowest BCUT2D eigenvalue weighted by molar-refractivity contribution is -0.137. The molecule has 0 saturated heterocycles. The van der Waals surface area contributed by atoms with Crippen molar-refractivity contribution in [1.82, 2.24) is 19.8 Å². The number of aromatic amines is 1. The van der Waals surface area contributed by atoms with Gasteiger partial charge in [0, 0.05) is 18.8 Å². The van der Waals surface area contributed by atoms with Crippen LogP contribution in [0.25, 0.3) is 0 Å². The van der Waals surface area contributed by atoms with E-state index in [0.29, 0.717) is 13.1 Å². The van der Waals surface area contributed by atoms with E-state index in [0.717, 1.165) is 23.5 Å². The largest absolute Gasteiger partial charge is 0.348 e. The predicted molar refractivity (Wildman–Crippen MR) is 96.8 cm³/mol. The molecular formula is C19H28N4O. The molecule has 1 aromatic heterocycles. The second-order valence-corrected chi connectivity index (χ2v) is 7.00. The van der Waals surface area contributed by atoms with Gasteiger partial charge in [-0.2, -0.15) is 0 Å². The van der Waals surface area contributed by atoms with Crippen molar-refractivity contribution in [1.29, 1.82) is 0 Å². The average Bonchev–Trinajstić information content (AvgIpc) is 2.96. The minimum atomic E-state index is -0.572. The number of aromatic nitrogens is 2. The van der Waals surface area contributed by atoms with Gasteiger partial charge in [-0.3, -0.25) is 4.79 Å². The molecule has 0 bridgehead atoms. The van der Waals surface area contributed by atoms with E-state index in [1.54, 1.807) is 6.33 Å². The molecule has 2 aromatic rings. The van der Waals surface area contributed by atoms with Gasteiger partial charge in [-0.25, -0.2) is 4.98 Å². The first kappa shape index (κ1) is 18.2. The Balaban J connectivity index is 2.24. The molecule has 0 fully saturated rings. The quantitative estimate of drug-likeness (QED) is 0.850. The molecule has 0 atom stereocenters. The second kappa shape index (κ2) is 7.62. The molecule has 0 saturated carbocycles. The fourth-order valence-corrected chi connectivity index (χ4v) is 2.67. The van der Waals surface area contributed by atoms with Crippen LogP contribution in [0.1, 0.15) is 30.8 Å². The monoisotopic (exact) mass is 328 g/mol. The maximum atomic E-state index is 13.3. The van der Waals surface area contributed by atoms with Gasteiger partial charge in [0.2, 0.25) is 5.91 Å². The zero-order valence-electron chi connectivity index (χ0n) is 15.3. The minimum absolute atomic E-state index is 0.123. The number of amides is 1. The molecule has 1 amide bonds. The van der Waals surface area contributed by atoms with E-state index in [1.165, 1.54) is 0 Å². The molecule has 0 aliphatic rings. The number of imidazole rings is 1. The van der Waals surface area contributed by atoms with Gasteiger partial charge in [-0.05, 0) is 40.4 Å². The lowest BCUT2D eigenvalue weighted by Crippen LogP contribution is -2.45. The van der Waals surface area contributed by atoms with Crippen molar-refractivity contribution in [2.75, 3.05) is 27.2 Å². The van der Waals surface area contributed by atoms with Gasteiger partial charge < -0.3 is 14.8 Å². The van der Waals surface area contributed by atoms with Crippen molar-refractivity contribution in [3.8, 4) is 0 Å². The summed E-state index contributed by atoms with van der Waals surface area (Å²) < 4.78 is 0. The molecular weight excluding hydrogens is 300 g/mol. The number of nitrogens with one attached hydrogen (secondary N) is 1. The van der Waals surface area contributed by atoms with Gasteiger partial charge in [0.1, 0.15) is 0 Å². The van der Waals surface area contributed by atoms with Crippen LogP contribution in [0.4, 0.5) is 0 Å². The first-order chi connectivity index (χ1) is 11.3. The Morgan fingerprint density at radius 3 is 2.38 bits per heavy atom. The third-order valence-corrected chi connectivity index (χ3v) is 4.41. The van der Waals surface area contributed by atoms with E-state index in [4.69, 9.17) is 0 Å². The first-order valence-electron chi connectivity index (χ1n) is 8.31. The molecule has 0 aliphatic heterocycles. The molecule has 0 radical (unpaired) electrons. The van der Waals surface area contributed by atoms with Gasteiger partial charge in [-0.1, -0.05) is 30.3 Å². The number of likely N-dealkylation sites (N-methyl/N-ethyl adjacent to an activating group) is 1. The lowest BCUT2D eigenvalue weighted by atomic mass is 9.83. The van der Waals surface area contributed by atoms with Crippen LogP contribution in [-0.2, 0) is 16.8 Å². The van der Waals surface area contributed by atoms with Crippen molar-refractivity contribution in [2.45, 2.75) is 32.7 Å². The van der Waals surface area contributed by atoms with Gasteiger partial charge in [-0.15, -0.1) is 0 Å². The van der Waals surface area contributed by atoms with Gasteiger partial charge in [0.15, 0.2) is 0 Å². The van der Waals surface area contributed by atoms with Gasteiger partial charge >= 0.3 is 0 Å². The van der Waals surface area contributed by atoms with Crippen molar-refractivity contribution in [3.05, 3.63) is 53.6 Å². The summed E-state index contributed by atoms with van der Waals surface area (Å²) in [5, 5.41) is 0. The van der Waals surface area contributed by atoms with Crippen molar-refractivity contribution < 1.29 is 4.79 Å². The number of benzene rings is 1. The summed E-state index contributed by atoms with van der Waals surface area (Å²) in [6.45, 7) is 7.99. The Bertz CT molecular complexity index is 661. The maximum absolute atomic E-state index is 13.3. The summed E-state index contributed by atoms with van der Waals surface area (Å²) in [4.78, 5) is 24.7. The highest BCUT2D eigenvalue weighted by Crippen LogP contribution is 2.26. The third kappa shape index (κ3) is 4.23. The number of aryl methyl sites for hydroxylation is 1. The van der Waals surface area contributed by atoms with Crippen LogP contribution in [0.5, 0.6) is 0 Å². The zero-order valence-corrected chi connectivity index (χ0v) is 15.3. The number of carbonyl (C=O) groups excluding carboxylic acids is 1. The molecule has 5 heteroatoms. The van der Waals surface area contributed by atoms with E-state index in [2.05, 4.69) is 14.9 Å². The number of H-pyrrole nitrogens is 1. The van der Waals surface area contributed by atoms with Crippen molar-refractivity contribution >= 4 is 5.91 Å². The Labute approximate surface area is 144 Å². The lowest BCUT2D eigenvalue weighted by Gasteiger charge is -2.33. The summed E-state index contributed by atoms with van der Waals surface area (Å²) in [6, 6.07) is 9.96. The average molecular weight is 328 g/mol. The topological polar surface area (TPSA) is 52.2 Å². The standard InChI is InChI=1S/C19H28N4O/c1-15-17(21-14-20-15)13-23(12-11-22(4)5)18(24)19(2,3)16-9-7-6-8-10-16/h6-10,14H,11-13H2,1-5H3,(H,20,21). The van der Waals surface area contributed by atoms with E-state index in [1.807, 2.05) is 70.1 Å². The van der Waals surface area contributed by atoms with Crippen LogP contribution in [0.2, 0.25) is 0 Å². The van der Waals surface area contributed by atoms with Crippen molar-refractivity contribution in [2.24, 2.45) is 0 Å². The zero-order chi connectivity index (χ0) is 17.7. The SMILES string of the molecule is Cc1[nH]cnc1CN(CCN(C)C)C(=O)C(C)(C)c1ccccc1. The third-order valence-electron chi connectivity index (χ3n) is 4.41. The van der Waals surface area contributed by atoms with E-state index < -0.39 is 5.41 Å². The molecule has 1 N–H and O–H groups in total. The first-order valence-corrected chi connectivity index (χ1v) is 8.31. The summed E-state index contributed by atoms with van der Waals surface area (Å²) in [6.07, 6.45) is 1.68. The number of rotatable bonds is 7. The molecule has 2 rings (SSSR count). The maximum Gasteiger partial charge on any atom is 0.233 e. The molecule has 0 spiro atoms. The molecule has 130 valence electrons. The Kier molecular flexibility index (Phi) is 5.78. The fourth-order valence-electron chi connectivity index (χ4n) is 2.67. The molecule has 24 heavy (non-hydrogen) atoms. The molecule has 1 heterocycles. The van der Waals surface area contributed by atoms with Gasteiger partial charge in [0.25, 0.3) is 0 Å². The van der Waals surface area contributed by atoms with Crippen molar-refractivity contribution in [3.63, 3.8) is 0 Å². The van der Waals surface area contributed by atoms with Crippen LogP contribution in [-0.4, -0.2) is 52.9 Å². The van der Waals surface area contributed by atoms with E-state index in [9.17, 15) is 4.79 Å². The van der Waals surface area contributed by atoms with E-state index >= 15 is 0 Å². The minimum Gasteiger partial charge on any atom is -0.348 e. The molecule has 0 unspecified atom stereocenters.